The number of aliphatic carboxylic acids is 1. The van der Waals surface area contributed by atoms with Gasteiger partial charge in [-0.15, -0.1) is 0 Å². The number of carbonyl (C=O) groups excluding carboxylic acids is 1. The van der Waals surface area contributed by atoms with Gasteiger partial charge in [-0.25, -0.2) is 0 Å². The third-order valence-electron chi connectivity index (χ3n) is 2.20. The first-order valence-corrected chi connectivity index (χ1v) is 5.84. The van der Waals surface area contributed by atoms with Crippen molar-refractivity contribution in [3.05, 3.63) is 27.7 Å². The fraction of sp³-hybridized carbons (Fsp3) is 0.273. The van der Waals surface area contributed by atoms with Crippen molar-refractivity contribution in [3.8, 4) is 0 Å². The van der Waals surface area contributed by atoms with Gasteiger partial charge in [-0.3, -0.25) is 9.59 Å². The lowest BCUT2D eigenvalue weighted by molar-refractivity contribution is -0.137. The molecule has 0 aliphatic rings. The Balaban J connectivity index is 2.82. The number of hydrogen-bond donors (Lipinski definition) is 3. The van der Waals surface area contributed by atoms with Crippen molar-refractivity contribution in [1.29, 1.82) is 0 Å². The van der Waals surface area contributed by atoms with Crippen LogP contribution < -0.4 is 11.1 Å². The van der Waals surface area contributed by atoms with E-state index in [4.69, 9.17) is 34.0 Å². The number of anilines is 1. The molecule has 0 saturated carbocycles. The molecule has 0 aromatic heterocycles. The second-order valence-electron chi connectivity index (χ2n) is 3.83. The van der Waals surface area contributed by atoms with Gasteiger partial charge in [0.15, 0.2) is 0 Å². The summed E-state index contributed by atoms with van der Waals surface area (Å²) in [5.74, 6) is -1.44. The van der Waals surface area contributed by atoms with Crippen molar-refractivity contribution in [2.75, 3.05) is 5.73 Å². The van der Waals surface area contributed by atoms with E-state index in [1.54, 1.807) is 6.92 Å². The number of halogens is 2. The van der Waals surface area contributed by atoms with Crippen LogP contribution in [0.1, 0.15) is 23.7 Å². The van der Waals surface area contributed by atoms with Crippen molar-refractivity contribution in [3.63, 3.8) is 0 Å². The van der Waals surface area contributed by atoms with Gasteiger partial charge >= 0.3 is 5.97 Å². The van der Waals surface area contributed by atoms with Gasteiger partial charge in [0, 0.05) is 11.6 Å². The third kappa shape index (κ3) is 3.78. The molecule has 0 radical (unpaired) electrons. The van der Waals surface area contributed by atoms with Gasteiger partial charge in [0.25, 0.3) is 5.91 Å². The molecular formula is C11H12Cl2N2O3. The molecule has 1 unspecified atom stereocenters. The fourth-order valence-corrected chi connectivity index (χ4v) is 1.82. The second-order valence-corrected chi connectivity index (χ2v) is 4.64. The number of amides is 1. The average Bonchev–Trinajstić information content (AvgIpc) is 2.23. The molecule has 0 saturated heterocycles. The van der Waals surface area contributed by atoms with Crippen molar-refractivity contribution >= 4 is 40.8 Å². The van der Waals surface area contributed by atoms with Crippen molar-refractivity contribution in [2.24, 2.45) is 0 Å². The molecular weight excluding hydrogens is 279 g/mol. The van der Waals surface area contributed by atoms with Crippen molar-refractivity contribution in [2.45, 2.75) is 19.4 Å². The fourth-order valence-electron chi connectivity index (χ4n) is 1.34. The molecule has 1 rings (SSSR count). The predicted octanol–water partition coefficient (Wildman–Crippen LogP) is 2.17. The summed E-state index contributed by atoms with van der Waals surface area (Å²) < 4.78 is 0. The zero-order valence-electron chi connectivity index (χ0n) is 9.54. The zero-order chi connectivity index (χ0) is 13.9. The topological polar surface area (TPSA) is 92.4 Å². The molecule has 18 heavy (non-hydrogen) atoms. The maximum atomic E-state index is 11.8. The van der Waals surface area contributed by atoms with Crippen LogP contribution in [0.3, 0.4) is 0 Å². The minimum Gasteiger partial charge on any atom is -0.481 e. The Hall–Kier alpha value is -1.46. The Kier molecular flexibility index (Phi) is 4.81. The van der Waals surface area contributed by atoms with E-state index in [1.165, 1.54) is 12.1 Å². The summed E-state index contributed by atoms with van der Waals surface area (Å²) in [4.78, 5) is 22.3. The van der Waals surface area contributed by atoms with Crippen LogP contribution >= 0.6 is 23.2 Å². The van der Waals surface area contributed by atoms with Gasteiger partial charge in [-0.05, 0) is 19.1 Å². The molecule has 1 amide bonds. The number of carboxylic acid groups (broad SMARTS) is 1. The molecule has 0 spiro atoms. The number of rotatable bonds is 4. The molecule has 1 aromatic rings. The van der Waals surface area contributed by atoms with Crippen LogP contribution in [0.4, 0.5) is 5.69 Å². The van der Waals surface area contributed by atoms with Crippen molar-refractivity contribution in [1.82, 2.24) is 5.32 Å². The standard InChI is InChI=1S/C11H12Cl2N2O3/c1-5(2-9(16)17)15-11(18)6-3-7(12)10(14)8(13)4-6/h3-5H,2,14H2,1H3,(H,15,18)(H,16,17). The number of nitrogens with two attached hydrogens (primary N) is 1. The van der Waals surface area contributed by atoms with E-state index in [9.17, 15) is 9.59 Å². The highest BCUT2D eigenvalue weighted by Crippen LogP contribution is 2.28. The molecule has 5 nitrogen and oxygen atoms in total. The molecule has 0 bridgehead atoms. The van der Waals surface area contributed by atoms with Crippen LogP contribution in [-0.4, -0.2) is 23.0 Å². The van der Waals surface area contributed by atoms with Gasteiger partial charge in [0.2, 0.25) is 0 Å². The van der Waals surface area contributed by atoms with E-state index in [0.29, 0.717) is 0 Å². The van der Waals surface area contributed by atoms with Gasteiger partial charge in [-0.2, -0.15) is 0 Å². The van der Waals surface area contributed by atoms with Crippen LogP contribution in [0, 0.1) is 0 Å². The number of nitrogen functional groups attached to an aromatic ring is 1. The summed E-state index contributed by atoms with van der Waals surface area (Å²) in [7, 11) is 0. The van der Waals surface area contributed by atoms with Gasteiger partial charge < -0.3 is 16.2 Å². The summed E-state index contributed by atoms with van der Waals surface area (Å²) >= 11 is 11.6. The zero-order valence-corrected chi connectivity index (χ0v) is 11.0. The number of hydrogen-bond acceptors (Lipinski definition) is 3. The summed E-state index contributed by atoms with van der Waals surface area (Å²) in [5, 5.41) is 11.5. The first kappa shape index (κ1) is 14.6. The van der Waals surface area contributed by atoms with E-state index in [2.05, 4.69) is 5.32 Å². The second kappa shape index (κ2) is 5.93. The smallest absolute Gasteiger partial charge is 0.305 e. The largest absolute Gasteiger partial charge is 0.481 e. The minimum absolute atomic E-state index is 0.165. The normalized spacial score (nSPS) is 11.9. The molecule has 98 valence electrons. The van der Waals surface area contributed by atoms with Gasteiger partial charge in [0.05, 0.1) is 22.2 Å². The number of nitrogens with one attached hydrogen (secondary N) is 1. The first-order valence-electron chi connectivity index (χ1n) is 5.08. The monoisotopic (exact) mass is 290 g/mol. The van der Waals surface area contributed by atoms with Crippen LogP contribution in [0.25, 0.3) is 0 Å². The molecule has 1 aromatic carbocycles. The Labute approximate surface area is 114 Å². The third-order valence-corrected chi connectivity index (χ3v) is 2.82. The van der Waals surface area contributed by atoms with Crippen molar-refractivity contribution < 1.29 is 14.7 Å². The number of carboxylic acids is 1. The maximum absolute atomic E-state index is 11.8. The Morgan fingerprint density at radius 3 is 2.33 bits per heavy atom. The average molecular weight is 291 g/mol. The molecule has 7 heteroatoms. The summed E-state index contributed by atoms with van der Waals surface area (Å²) in [6, 6.07) is 2.27. The van der Waals surface area contributed by atoms with Crippen LogP contribution in [0.15, 0.2) is 12.1 Å². The summed E-state index contributed by atoms with van der Waals surface area (Å²) in [5.41, 5.74) is 5.98. The quantitative estimate of drug-likeness (QED) is 0.741. The van der Waals surface area contributed by atoms with E-state index in [-0.39, 0.29) is 27.7 Å². The van der Waals surface area contributed by atoms with Crippen LogP contribution in [0.2, 0.25) is 10.0 Å². The minimum atomic E-state index is -0.990. The van der Waals surface area contributed by atoms with Crippen LogP contribution in [-0.2, 0) is 4.79 Å². The Bertz CT molecular complexity index is 468. The Morgan fingerprint density at radius 1 is 1.39 bits per heavy atom. The van der Waals surface area contributed by atoms with E-state index in [1.807, 2.05) is 0 Å². The molecule has 0 heterocycles. The number of benzene rings is 1. The lowest BCUT2D eigenvalue weighted by Crippen LogP contribution is -2.34. The molecule has 1 atom stereocenters. The van der Waals surface area contributed by atoms with Gasteiger partial charge in [-0.1, -0.05) is 23.2 Å². The highest BCUT2D eigenvalue weighted by Gasteiger charge is 2.15. The Morgan fingerprint density at radius 2 is 1.89 bits per heavy atom. The highest BCUT2D eigenvalue weighted by molar-refractivity contribution is 6.39. The first-order chi connectivity index (χ1) is 8.31. The van der Waals surface area contributed by atoms with E-state index in [0.717, 1.165) is 0 Å². The van der Waals surface area contributed by atoms with Gasteiger partial charge in [0.1, 0.15) is 0 Å². The maximum Gasteiger partial charge on any atom is 0.305 e. The molecule has 0 aliphatic heterocycles. The summed E-state index contributed by atoms with van der Waals surface area (Å²) in [6.45, 7) is 1.59. The molecule has 0 fully saturated rings. The number of carbonyl (C=O) groups is 2. The summed E-state index contributed by atoms with van der Waals surface area (Å²) in [6.07, 6.45) is -0.165. The molecule has 0 aliphatic carbocycles. The van der Waals surface area contributed by atoms with Crippen LogP contribution in [0.5, 0.6) is 0 Å². The lowest BCUT2D eigenvalue weighted by Gasteiger charge is -2.12. The highest BCUT2D eigenvalue weighted by atomic mass is 35.5. The lowest BCUT2D eigenvalue weighted by atomic mass is 10.1. The van der Waals surface area contributed by atoms with E-state index >= 15 is 0 Å². The predicted molar refractivity (Wildman–Crippen MR) is 70.1 cm³/mol. The SMILES string of the molecule is CC(CC(=O)O)NC(=O)c1cc(Cl)c(N)c(Cl)c1. The van der Waals surface area contributed by atoms with E-state index < -0.39 is 17.9 Å². The molecule has 4 N–H and O–H groups in total.